The normalized spacial score (nSPS) is 13.2. The number of rotatable bonds is 4. The van der Waals surface area contributed by atoms with E-state index in [1.165, 1.54) is 5.56 Å². The van der Waals surface area contributed by atoms with Crippen molar-refractivity contribution < 1.29 is 14.3 Å². The summed E-state index contributed by atoms with van der Waals surface area (Å²) in [5.41, 5.74) is 3.38. The second kappa shape index (κ2) is 7.01. The Labute approximate surface area is 148 Å². The van der Waals surface area contributed by atoms with Crippen molar-refractivity contribution in [2.45, 2.75) is 32.7 Å². The Bertz CT molecular complexity index is 786. The number of fused-ring (bicyclic) bond motifs is 1. The largest absolute Gasteiger partial charge is 0.454 e. The van der Waals surface area contributed by atoms with Crippen molar-refractivity contribution in [3.05, 3.63) is 65.2 Å². The lowest BCUT2D eigenvalue weighted by Gasteiger charge is -2.18. The number of hydrogen-bond acceptors (Lipinski definition) is 3. The van der Waals surface area contributed by atoms with Crippen LogP contribution >= 0.6 is 0 Å². The topological polar surface area (TPSA) is 47.6 Å². The Kier molecular flexibility index (Phi) is 4.79. The van der Waals surface area contributed by atoms with Gasteiger partial charge in [-0.25, -0.2) is 0 Å². The summed E-state index contributed by atoms with van der Waals surface area (Å²) in [6.45, 7) is 7.24. The maximum Gasteiger partial charge on any atom is 0.244 e. The molecule has 1 aliphatic rings. The third-order valence-electron chi connectivity index (χ3n) is 4.11. The van der Waals surface area contributed by atoms with Crippen molar-refractivity contribution in [3.8, 4) is 11.5 Å². The van der Waals surface area contributed by atoms with E-state index in [1.54, 1.807) is 6.08 Å². The van der Waals surface area contributed by atoms with E-state index in [0.717, 1.165) is 22.6 Å². The first-order chi connectivity index (χ1) is 11.9. The molecule has 25 heavy (non-hydrogen) atoms. The molecule has 0 saturated heterocycles. The summed E-state index contributed by atoms with van der Waals surface area (Å²) in [6.07, 6.45) is 3.38. The lowest BCUT2D eigenvalue weighted by atomic mass is 9.87. The summed E-state index contributed by atoms with van der Waals surface area (Å²) in [6, 6.07) is 13.9. The minimum absolute atomic E-state index is 0.127. The third-order valence-corrected chi connectivity index (χ3v) is 4.11. The average Bonchev–Trinajstić information content (AvgIpc) is 3.05. The van der Waals surface area contributed by atoms with E-state index in [0.29, 0.717) is 6.54 Å². The van der Waals surface area contributed by atoms with Crippen LogP contribution in [0.4, 0.5) is 0 Å². The minimum Gasteiger partial charge on any atom is -0.454 e. The van der Waals surface area contributed by atoms with E-state index in [1.807, 2.05) is 36.4 Å². The van der Waals surface area contributed by atoms with Gasteiger partial charge in [-0.15, -0.1) is 0 Å². The van der Waals surface area contributed by atoms with E-state index in [-0.39, 0.29) is 18.1 Å². The lowest BCUT2D eigenvalue weighted by molar-refractivity contribution is -0.116. The van der Waals surface area contributed by atoms with Crippen molar-refractivity contribution in [3.63, 3.8) is 0 Å². The predicted molar refractivity (Wildman–Crippen MR) is 98.6 cm³/mol. The Hall–Kier alpha value is -2.75. The fraction of sp³-hybridized carbons (Fsp3) is 0.286. The van der Waals surface area contributed by atoms with Crippen LogP contribution in [0.15, 0.2) is 48.5 Å². The fourth-order valence-electron chi connectivity index (χ4n) is 2.57. The maximum absolute atomic E-state index is 12.0. The van der Waals surface area contributed by atoms with E-state index >= 15 is 0 Å². The van der Waals surface area contributed by atoms with Crippen molar-refractivity contribution in [1.82, 2.24) is 5.32 Å². The van der Waals surface area contributed by atoms with Gasteiger partial charge in [0.15, 0.2) is 11.5 Å². The maximum atomic E-state index is 12.0. The Morgan fingerprint density at radius 1 is 1.08 bits per heavy atom. The molecule has 0 aromatic heterocycles. The number of hydrogen-bond donors (Lipinski definition) is 1. The van der Waals surface area contributed by atoms with Gasteiger partial charge < -0.3 is 14.8 Å². The molecule has 0 radical (unpaired) electrons. The molecule has 0 atom stereocenters. The molecule has 130 valence electrons. The molecule has 1 N–H and O–H groups in total. The molecule has 0 unspecified atom stereocenters. The van der Waals surface area contributed by atoms with Crippen LogP contribution in [0, 0.1) is 0 Å². The summed E-state index contributed by atoms with van der Waals surface area (Å²) < 4.78 is 10.6. The van der Waals surface area contributed by atoms with E-state index < -0.39 is 0 Å². The average molecular weight is 337 g/mol. The van der Waals surface area contributed by atoms with Crippen LogP contribution in [-0.2, 0) is 16.8 Å². The molecule has 1 aliphatic heterocycles. The van der Waals surface area contributed by atoms with Crippen LogP contribution < -0.4 is 14.8 Å². The molecule has 1 heterocycles. The summed E-state index contributed by atoms with van der Waals surface area (Å²) in [4.78, 5) is 12.0. The highest BCUT2D eigenvalue weighted by atomic mass is 16.7. The molecular formula is C21H23NO3. The van der Waals surface area contributed by atoms with Gasteiger partial charge in [-0.3, -0.25) is 4.79 Å². The Morgan fingerprint density at radius 3 is 2.52 bits per heavy atom. The second-order valence-electron chi connectivity index (χ2n) is 7.11. The number of carbonyl (C=O) groups is 1. The zero-order valence-electron chi connectivity index (χ0n) is 14.8. The van der Waals surface area contributed by atoms with Crippen molar-refractivity contribution >= 4 is 12.0 Å². The zero-order chi connectivity index (χ0) is 17.9. The molecule has 0 fully saturated rings. The summed E-state index contributed by atoms with van der Waals surface area (Å²) in [5, 5.41) is 2.87. The highest BCUT2D eigenvalue weighted by molar-refractivity contribution is 5.91. The lowest BCUT2D eigenvalue weighted by Crippen LogP contribution is -2.20. The number of amides is 1. The van der Waals surface area contributed by atoms with Gasteiger partial charge in [0, 0.05) is 12.6 Å². The molecule has 1 amide bonds. The van der Waals surface area contributed by atoms with E-state index in [2.05, 4.69) is 38.2 Å². The van der Waals surface area contributed by atoms with Crippen molar-refractivity contribution in [2.24, 2.45) is 0 Å². The quantitative estimate of drug-likeness (QED) is 0.857. The fourth-order valence-corrected chi connectivity index (χ4v) is 2.57. The summed E-state index contributed by atoms with van der Waals surface area (Å²) in [7, 11) is 0. The molecule has 2 aromatic carbocycles. The predicted octanol–water partition coefficient (Wildman–Crippen LogP) is 4.04. The standard InChI is InChI=1S/C21H23NO3/c1-21(2,3)17-8-4-15(5-9-17)7-11-20(23)22-13-16-6-10-18-19(12-16)25-14-24-18/h4-12H,13-14H2,1-3H3,(H,22,23). The highest BCUT2D eigenvalue weighted by Crippen LogP contribution is 2.32. The first kappa shape index (κ1) is 17.1. The Balaban J connectivity index is 1.54. The van der Waals surface area contributed by atoms with Crippen LogP contribution in [0.5, 0.6) is 11.5 Å². The second-order valence-corrected chi connectivity index (χ2v) is 7.11. The van der Waals surface area contributed by atoms with Gasteiger partial charge in [-0.1, -0.05) is 51.1 Å². The number of benzene rings is 2. The number of nitrogens with one attached hydrogen (secondary N) is 1. The monoisotopic (exact) mass is 337 g/mol. The molecule has 0 bridgehead atoms. The minimum atomic E-state index is -0.127. The molecule has 4 heteroatoms. The van der Waals surface area contributed by atoms with Crippen LogP contribution in [0.1, 0.15) is 37.5 Å². The van der Waals surface area contributed by atoms with Gasteiger partial charge in [0.05, 0.1) is 0 Å². The first-order valence-corrected chi connectivity index (χ1v) is 8.37. The van der Waals surface area contributed by atoms with Gasteiger partial charge in [-0.05, 0) is 40.3 Å². The summed E-state index contributed by atoms with van der Waals surface area (Å²) >= 11 is 0. The molecule has 3 rings (SSSR count). The third kappa shape index (κ3) is 4.41. The highest BCUT2D eigenvalue weighted by Gasteiger charge is 2.13. The van der Waals surface area contributed by atoms with Gasteiger partial charge in [0.2, 0.25) is 12.7 Å². The first-order valence-electron chi connectivity index (χ1n) is 8.37. The van der Waals surface area contributed by atoms with Gasteiger partial charge in [0.1, 0.15) is 0 Å². The van der Waals surface area contributed by atoms with Gasteiger partial charge >= 0.3 is 0 Å². The number of ether oxygens (including phenoxy) is 2. The zero-order valence-corrected chi connectivity index (χ0v) is 14.8. The molecule has 4 nitrogen and oxygen atoms in total. The molecular weight excluding hydrogens is 314 g/mol. The molecule has 2 aromatic rings. The Morgan fingerprint density at radius 2 is 1.80 bits per heavy atom. The van der Waals surface area contributed by atoms with Gasteiger partial charge in [0.25, 0.3) is 0 Å². The molecule has 0 spiro atoms. The molecule has 0 saturated carbocycles. The molecule has 0 aliphatic carbocycles. The summed E-state index contributed by atoms with van der Waals surface area (Å²) in [5.74, 6) is 1.34. The SMILES string of the molecule is CC(C)(C)c1ccc(C=CC(=O)NCc2ccc3c(c2)OCO3)cc1. The van der Waals surface area contributed by atoms with Crippen LogP contribution in [0.2, 0.25) is 0 Å². The van der Waals surface area contributed by atoms with Crippen LogP contribution in [0.3, 0.4) is 0 Å². The van der Waals surface area contributed by atoms with Crippen molar-refractivity contribution in [2.75, 3.05) is 6.79 Å². The van der Waals surface area contributed by atoms with Crippen molar-refractivity contribution in [1.29, 1.82) is 0 Å². The van der Waals surface area contributed by atoms with E-state index in [9.17, 15) is 4.79 Å². The van der Waals surface area contributed by atoms with Crippen LogP contribution in [0.25, 0.3) is 6.08 Å². The number of carbonyl (C=O) groups excluding carboxylic acids is 1. The van der Waals surface area contributed by atoms with Gasteiger partial charge in [-0.2, -0.15) is 0 Å². The smallest absolute Gasteiger partial charge is 0.244 e. The van der Waals surface area contributed by atoms with E-state index in [4.69, 9.17) is 9.47 Å². The van der Waals surface area contributed by atoms with Crippen LogP contribution in [-0.4, -0.2) is 12.7 Å².